The van der Waals surface area contributed by atoms with Crippen molar-refractivity contribution in [1.82, 2.24) is 0 Å². The first-order valence-corrected chi connectivity index (χ1v) is 6.07. The van der Waals surface area contributed by atoms with Crippen molar-refractivity contribution >= 4 is 12.6 Å². The predicted molar refractivity (Wildman–Crippen MR) is 62.5 cm³/mol. The minimum absolute atomic E-state index is 0.340. The third-order valence-corrected chi connectivity index (χ3v) is 2.98. The second-order valence-corrected chi connectivity index (χ2v) is 4.29. The van der Waals surface area contributed by atoms with E-state index in [0.29, 0.717) is 12.8 Å². The lowest BCUT2D eigenvalue weighted by atomic mass is 9.76. The lowest BCUT2D eigenvalue weighted by Gasteiger charge is -2.26. The normalized spacial score (nSPS) is 11.3. The molecule has 0 aromatic carbocycles. The van der Waals surface area contributed by atoms with Gasteiger partial charge >= 0.3 is 0 Å². The van der Waals surface area contributed by atoms with Crippen LogP contribution in [0.15, 0.2) is 0 Å². The number of aldehydes is 1. The summed E-state index contributed by atoms with van der Waals surface area (Å²) < 4.78 is 0. The summed E-state index contributed by atoms with van der Waals surface area (Å²) in [4.78, 5) is 21.5. The van der Waals surface area contributed by atoms with Crippen molar-refractivity contribution in [1.29, 1.82) is 0 Å². The Morgan fingerprint density at radius 1 is 1.07 bits per heavy atom. The van der Waals surface area contributed by atoms with Crippen LogP contribution in [0.5, 0.6) is 0 Å². The van der Waals surface area contributed by atoms with Crippen LogP contribution < -0.4 is 0 Å². The largest absolute Gasteiger partial charge is 0.303 e. The van der Waals surface area contributed by atoms with Crippen molar-refractivity contribution in [2.45, 2.75) is 65.2 Å². The lowest BCUT2D eigenvalue weighted by Crippen LogP contribution is -2.23. The highest BCUT2D eigenvalue weighted by atomic mass is 16.1. The van der Waals surface area contributed by atoms with E-state index in [-0.39, 0.29) is 5.41 Å². The fourth-order valence-corrected chi connectivity index (χ4v) is 1.89. The van der Waals surface area contributed by atoms with Crippen molar-refractivity contribution in [2.75, 3.05) is 0 Å². The maximum absolute atomic E-state index is 11.1. The topological polar surface area (TPSA) is 34.1 Å². The van der Waals surface area contributed by atoms with Gasteiger partial charge in [-0.05, 0) is 19.3 Å². The molecule has 0 atom stereocenters. The van der Waals surface area contributed by atoms with Crippen LogP contribution in [0.25, 0.3) is 0 Å². The maximum Gasteiger partial charge on any atom is 0.205 e. The Bertz CT molecular complexity index is 167. The Morgan fingerprint density at radius 2 is 1.60 bits per heavy atom. The van der Waals surface area contributed by atoms with E-state index in [1.54, 1.807) is 0 Å². The van der Waals surface area contributed by atoms with E-state index in [1.807, 2.05) is 0 Å². The zero-order valence-electron chi connectivity index (χ0n) is 10.1. The average molecular weight is 211 g/mol. The van der Waals surface area contributed by atoms with Gasteiger partial charge in [-0.15, -0.1) is 0 Å². The SMILES string of the molecule is CCCCC([C]=O)(CCC=O)CCCC. The molecule has 0 rings (SSSR count). The zero-order chi connectivity index (χ0) is 11.6. The first-order valence-electron chi connectivity index (χ1n) is 6.07. The van der Waals surface area contributed by atoms with Crippen LogP contribution in [0.3, 0.4) is 0 Å². The second kappa shape index (κ2) is 8.63. The molecule has 1 radical (unpaired) electrons. The molecular formula is C13H23O2. The van der Waals surface area contributed by atoms with Crippen molar-refractivity contribution in [3.8, 4) is 0 Å². The molecule has 0 aliphatic heterocycles. The minimum Gasteiger partial charge on any atom is -0.303 e. The first-order chi connectivity index (χ1) is 7.24. The number of carbonyl (C=O) groups excluding carboxylic acids is 2. The molecule has 0 amide bonds. The van der Waals surface area contributed by atoms with Crippen molar-refractivity contribution in [2.24, 2.45) is 5.41 Å². The van der Waals surface area contributed by atoms with E-state index < -0.39 is 0 Å². The van der Waals surface area contributed by atoms with E-state index in [2.05, 4.69) is 20.1 Å². The number of hydrogen-bond acceptors (Lipinski definition) is 2. The molecule has 2 nitrogen and oxygen atoms in total. The molecule has 0 heterocycles. The maximum atomic E-state index is 11.1. The lowest BCUT2D eigenvalue weighted by molar-refractivity contribution is -0.108. The van der Waals surface area contributed by atoms with Gasteiger partial charge in [-0.1, -0.05) is 39.5 Å². The van der Waals surface area contributed by atoms with Crippen LogP contribution in [0.1, 0.15) is 65.2 Å². The van der Waals surface area contributed by atoms with E-state index >= 15 is 0 Å². The molecule has 0 spiro atoms. The molecule has 2 heteroatoms. The second-order valence-electron chi connectivity index (χ2n) is 4.29. The molecule has 0 unspecified atom stereocenters. The van der Waals surface area contributed by atoms with Crippen molar-refractivity contribution in [3.05, 3.63) is 0 Å². The third-order valence-electron chi connectivity index (χ3n) is 2.98. The van der Waals surface area contributed by atoms with E-state index in [9.17, 15) is 9.59 Å². The number of unbranched alkanes of at least 4 members (excludes halogenated alkanes) is 2. The Morgan fingerprint density at radius 3 is 1.93 bits per heavy atom. The molecule has 0 N–H and O–H groups in total. The van der Waals surface area contributed by atoms with E-state index in [1.165, 1.54) is 0 Å². The molecule has 0 saturated carbocycles. The summed E-state index contributed by atoms with van der Waals surface area (Å²) in [5.74, 6) is 0. The van der Waals surface area contributed by atoms with Gasteiger partial charge in [-0.3, -0.25) is 4.79 Å². The Kier molecular flexibility index (Phi) is 8.25. The van der Waals surface area contributed by atoms with Gasteiger partial charge in [0.2, 0.25) is 6.29 Å². The summed E-state index contributed by atoms with van der Waals surface area (Å²) in [5.41, 5.74) is -0.340. The van der Waals surface area contributed by atoms with Gasteiger partial charge < -0.3 is 4.79 Å². The van der Waals surface area contributed by atoms with Crippen molar-refractivity contribution in [3.63, 3.8) is 0 Å². The molecular weight excluding hydrogens is 188 g/mol. The molecule has 0 aromatic heterocycles. The monoisotopic (exact) mass is 211 g/mol. The predicted octanol–water partition coefficient (Wildman–Crippen LogP) is 3.44. The number of hydrogen-bond donors (Lipinski definition) is 0. The van der Waals surface area contributed by atoms with Gasteiger partial charge in [-0.2, -0.15) is 0 Å². The fraction of sp³-hybridized carbons (Fsp3) is 0.846. The summed E-state index contributed by atoms with van der Waals surface area (Å²) in [6.07, 6.45) is 10.4. The summed E-state index contributed by atoms with van der Waals surface area (Å²) in [5, 5.41) is 0. The van der Waals surface area contributed by atoms with Gasteiger partial charge in [-0.25, -0.2) is 0 Å². The minimum atomic E-state index is -0.340. The average Bonchev–Trinajstić information content (AvgIpc) is 2.29. The molecule has 0 aromatic rings. The number of carbonyl (C=O) groups is 1. The van der Waals surface area contributed by atoms with Crippen LogP contribution in [0.2, 0.25) is 0 Å². The summed E-state index contributed by atoms with van der Waals surface area (Å²) in [6.45, 7) is 4.24. The molecule has 87 valence electrons. The molecule has 0 fully saturated rings. The van der Waals surface area contributed by atoms with Crippen LogP contribution in [0, 0.1) is 5.41 Å². The smallest absolute Gasteiger partial charge is 0.205 e. The molecule has 0 aliphatic rings. The van der Waals surface area contributed by atoms with Gasteiger partial charge in [0.15, 0.2) is 0 Å². The first kappa shape index (κ1) is 14.3. The van der Waals surface area contributed by atoms with Crippen LogP contribution >= 0.6 is 0 Å². The quantitative estimate of drug-likeness (QED) is 0.519. The summed E-state index contributed by atoms with van der Waals surface area (Å²) in [6, 6.07) is 0. The Labute approximate surface area is 93.4 Å². The highest BCUT2D eigenvalue weighted by Gasteiger charge is 2.28. The molecule has 0 bridgehead atoms. The highest BCUT2D eigenvalue weighted by Crippen LogP contribution is 2.33. The molecule has 0 saturated heterocycles. The highest BCUT2D eigenvalue weighted by molar-refractivity contribution is 5.61. The van der Waals surface area contributed by atoms with Gasteiger partial charge in [0, 0.05) is 11.8 Å². The Hall–Kier alpha value is -0.660. The van der Waals surface area contributed by atoms with Crippen LogP contribution in [-0.4, -0.2) is 12.6 Å². The third kappa shape index (κ3) is 5.71. The zero-order valence-corrected chi connectivity index (χ0v) is 10.1. The Balaban J connectivity index is 4.28. The molecule has 15 heavy (non-hydrogen) atoms. The summed E-state index contributed by atoms with van der Waals surface area (Å²) >= 11 is 0. The summed E-state index contributed by atoms with van der Waals surface area (Å²) in [7, 11) is 0. The van der Waals surface area contributed by atoms with Crippen LogP contribution in [-0.2, 0) is 9.59 Å². The van der Waals surface area contributed by atoms with E-state index in [4.69, 9.17) is 0 Å². The van der Waals surface area contributed by atoms with Gasteiger partial charge in [0.1, 0.15) is 6.29 Å². The van der Waals surface area contributed by atoms with Crippen LogP contribution in [0.4, 0.5) is 0 Å². The van der Waals surface area contributed by atoms with Crippen molar-refractivity contribution < 1.29 is 9.59 Å². The molecule has 0 aliphatic carbocycles. The number of rotatable bonds is 10. The van der Waals surface area contributed by atoms with E-state index in [0.717, 1.165) is 44.8 Å². The standard InChI is InChI=1S/C13H23O2/c1-3-5-8-13(12-15,9-6-4-2)10-7-11-14/h11H,3-10H2,1-2H3. The van der Waals surface area contributed by atoms with Gasteiger partial charge in [0.25, 0.3) is 0 Å². The van der Waals surface area contributed by atoms with Gasteiger partial charge in [0.05, 0.1) is 0 Å². The fourth-order valence-electron chi connectivity index (χ4n) is 1.89.